The standard InChI is InChI=1S/C14H31N3O/c1-10(2)12(11(3)4)9-16-8-7-14(5,6)13(15)17-18/h10-12,16,18H,7-9H2,1-6H3,(H2,15,17). The number of nitrogens with one attached hydrogen (secondary N) is 1. The third-order valence-electron chi connectivity index (χ3n) is 3.82. The van der Waals surface area contributed by atoms with E-state index in [1.807, 2.05) is 13.8 Å². The van der Waals surface area contributed by atoms with Gasteiger partial charge in [-0.05, 0) is 37.3 Å². The van der Waals surface area contributed by atoms with Gasteiger partial charge in [-0.15, -0.1) is 0 Å². The molecule has 0 aromatic carbocycles. The fourth-order valence-corrected chi connectivity index (χ4v) is 2.17. The molecule has 0 radical (unpaired) electrons. The van der Waals surface area contributed by atoms with Gasteiger partial charge >= 0.3 is 0 Å². The van der Waals surface area contributed by atoms with Crippen LogP contribution in [0.5, 0.6) is 0 Å². The fraction of sp³-hybridized carbons (Fsp3) is 0.929. The van der Waals surface area contributed by atoms with E-state index in [1.54, 1.807) is 0 Å². The summed E-state index contributed by atoms with van der Waals surface area (Å²) in [6, 6.07) is 0. The maximum absolute atomic E-state index is 8.70. The minimum Gasteiger partial charge on any atom is -0.409 e. The number of nitrogens with zero attached hydrogens (tertiary/aromatic N) is 1. The average molecular weight is 257 g/mol. The van der Waals surface area contributed by atoms with Crippen LogP contribution in [0.1, 0.15) is 48.0 Å². The third-order valence-corrected chi connectivity index (χ3v) is 3.82. The largest absolute Gasteiger partial charge is 0.409 e. The van der Waals surface area contributed by atoms with Crippen LogP contribution in [0, 0.1) is 23.2 Å². The molecule has 0 atom stereocenters. The normalized spacial score (nSPS) is 13.9. The molecule has 4 N–H and O–H groups in total. The van der Waals surface area contributed by atoms with Crippen LogP contribution in [0.2, 0.25) is 0 Å². The van der Waals surface area contributed by atoms with E-state index < -0.39 is 0 Å². The Balaban J connectivity index is 4.06. The molecule has 4 heteroatoms. The van der Waals surface area contributed by atoms with Crippen molar-refractivity contribution in [2.45, 2.75) is 48.0 Å². The van der Waals surface area contributed by atoms with Gasteiger partial charge in [0.1, 0.15) is 5.84 Å². The van der Waals surface area contributed by atoms with E-state index in [9.17, 15) is 0 Å². The van der Waals surface area contributed by atoms with Crippen LogP contribution in [-0.4, -0.2) is 24.1 Å². The Morgan fingerprint density at radius 1 is 1.22 bits per heavy atom. The van der Waals surface area contributed by atoms with E-state index in [-0.39, 0.29) is 5.41 Å². The van der Waals surface area contributed by atoms with Crippen LogP contribution in [0.3, 0.4) is 0 Å². The zero-order valence-electron chi connectivity index (χ0n) is 12.8. The molecule has 0 rings (SSSR count). The van der Waals surface area contributed by atoms with E-state index in [1.165, 1.54) is 0 Å². The fourth-order valence-electron chi connectivity index (χ4n) is 2.17. The minimum absolute atomic E-state index is 0.257. The second kappa shape index (κ2) is 7.62. The Bertz CT molecular complexity index is 252. The maximum Gasteiger partial charge on any atom is 0.144 e. The minimum atomic E-state index is -0.257. The number of hydrogen-bond acceptors (Lipinski definition) is 3. The van der Waals surface area contributed by atoms with Crippen LogP contribution >= 0.6 is 0 Å². The van der Waals surface area contributed by atoms with E-state index in [2.05, 4.69) is 38.2 Å². The molecular formula is C14H31N3O. The van der Waals surface area contributed by atoms with Crippen molar-refractivity contribution in [1.82, 2.24) is 5.32 Å². The van der Waals surface area contributed by atoms with Gasteiger partial charge in [0.2, 0.25) is 0 Å². The first kappa shape index (κ1) is 17.2. The molecule has 0 saturated carbocycles. The molecule has 0 fully saturated rings. The quantitative estimate of drug-likeness (QED) is 0.206. The molecule has 0 spiro atoms. The van der Waals surface area contributed by atoms with Crippen molar-refractivity contribution in [3.63, 3.8) is 0 Å². The zero-order valence-corrected chi connectivity index (χ0v) is 12.8. The topological polar surface area (TPSA) is 70.6 Å². The van der Waals surface area contributed by atoms with Gasteiger partial charge in [0.15, 0.2) is 0 Å². The Labute approximate surface area is 112 Å². The van der Waals surface area contributed by atoms with E-state index in [0.717, 1.165) is 19.5 Å². The van der Waals surface area contributed by atoms with Gasteiger partial charge in [-0.3, -0.25) is 0 Å². The highest BCUT2D eigenvalue weighted by atomic mass is 16.4. The van der Waals surface area contributed by atoms with Gasteiger partial charge in [-0.2, -0.15) is 0 Å². The molecule has 4 nitrogen and oxygen atoms in total. The molecule has 108 valence electrons. The van der Waals surface area contributed by atoms with Gasteiger partial charge in [0.25, 0.3) is 0 Å². The SMILES string of the molecule is CC(C)C(CNCCC(C)(C)C(N)=NO)C(C)C. The highest BCUT2D eigenvalue weighted by Crippen LogP contribution is 2.21. The molecule has 0 saturated heterocycles. The third kappa shape index (κ3) is 5.71. The predicted octanol–water partition coefficient (Wildman–Crippen LogP) is 2.67. The van der Waals surface area contributed by atoms with Gasteiger partial charge in [0.05, 0.1) is 0 Å². The Kier molecular flexibility index (Phi) is 7.29. The molecule has 0 aliphatic rings. The Hall–Kier alpha value is -0.770. The van der Waals surface area contributed by atoms with Crippen LogP contribution in [-0.2, 0) is 0 Å². The van der Waals surface area contributed by atoms with Crippen LogP contribution in [0.4, 0.5) is 0 Å². The summed E-state index contributed by atoms with van der Waals surface area (Å²) in [5.41, 5.74) is 5.40. The zero-order chi connectivity index (χ0) is 14.3. The molecule has 0 aromatic heterocycles. The summed E-state index contributed by atoms with van der Waals surface area (Å²) in [7, 11) is 0. The molecular weight excluding hydrogens is 226 g/mol. The number of oxime groups is 1. The summed E-state index contributed by atoms with van der Waals surface area (Å²) in [5.74, 6) is 2.37. The van der Waals surface area contributed by atoms with Crippen molar-refractivity contribution in [2.24, 2.45) is 34.1 Å². The second-order valence-electron chi connectivity index (χ2n) is 6.48. The first-order chi connectivity index (χ1) is 8.22. The first-order valence-electron chi connectivity index (χ1n) is 6.91. The molecule has 0 heterocycles. The van der Waals surface area contributed by atoms with Gasteiger partial charge in [0, 0.05) is 5.41 Å². The number of hydrogen-bond donors (Lipinski definition) is 3. The summed E-state index contributed by atoms with van der Waals surface area (Å²) < 4.78 is 0. The molecule has 0 aliphatic heterocycles. The summed E-state index contributed by atoms with van der Waals surface area (Å²) >= 11 is 0. The van der Waals surface area contributed by atoms with E-state index in [0.29, 0.717) is 23.6 Å². The summed E-state index contributed by atoms with van der Waals surface area (Å²) in [6.45, 7) is 15.0. The summed E-state index contributed by atoms with van der Waals surface area (Å²) in [5, 5.41) is 15.3. The average Bonchev–Trinajstić information content (AvgIpc) is 2.26. The lowest BCUT2D eigenvalue weighted by Crippen LogP contribution is -2.37. The second-order valence-corrected chi connectivity index (χ2v) is 6.48. The van der Waals surface area contributed by atoms with Gasteiger partial charge in [-0.1, -0.05) is 46.7 Å². The number of amidine groups is 1. The number of nitrogens with two attached hydrogens (primary N) is 1. The van der Waals surface area contributed by atoms with Gasteiger partial charge < -0.3 is 16.3 Å². The molecule has 0 amide bonds. The van der Waals surface area contributed by atoms with E-state index >= 15 is 0 Å². The predicted molar refractivity (Wildman–Crippen MR) is 77.8 cm³/mol. The van der Waals surface area contributed by atoms with Crippen molar-refractivity contribution < 1.29 is 5.21 Å². The van der Waals surface area contributed by atoms with Crippen LogP contribution in [0.15, 0.2) is 5.16 Å². The highest BCUT2D eigenvalue weighted by Gasteiger charge is 2.23. The summed E-state index contributed by atoms with van der Waals surface area (Å²) in [6.07, 6.45) is 0.867. The van der Waals surface area contributed by atoms with Crippen LogP contribution in [0.25, 0.3) is 0 Å². The van der Waals surface area contributed by atoms with E-state index in [4.69, 9.17) is 10.9 Å². The van der Waals surface area contributed by atoms with Crippen molar-refractivity contribution in [2.75, 3.05) is 13.1 Å². The summed E-state index contributed by atoms with van der Waals surface area (Å²) in [4.78, 5) is 0. The van der Waals surface area contributed by atoms with Gasteiger partial charge in [-0.25, -0.2) is 0 Å². The molecule has 0 aromatic rings. The lowest BCUT2D eigenvalue weighted by molar-refractivity contribution is 0.271. The molecule has 18 heavy (non-hydrogen) atoms. The highest BCUT2D eigenvalue weighted by molar-refractivity contribution is 5.85. The monoisotopic (exact) mass is 257 g/mol. The lowest BCUT2D eigenvalue weighted by atomic mass is 9.85. The first-order valence-corrected chi connectivity index (χ1v) is 6.91. The Morgan fingerprint density at radius 2 is 1.72 bits per heavy atom. The van der Waals surface area contributed by atoms with Crippen molar-refractivity contribution in [3.8, 4) is 0 Å². The Morgan fingerprint density at radius 3 is 2.11 bits per heavy atom. The molecule has 0 bridgehead atoms. The van der Waals surface area contributed by atoms with Crippen LogP contribution < -0.4 is 11.1 Å². The van der Waals surface area contributed by atoms with Crippen molar-refractivity contribution in [1.29, 1.82) is 0 Å². The lowest BCUT2D eigenvalue weighted by Gasteiger charge is -2.27. The van der Waals surface area contributed by atoms with Crippen molar-refractivity contribution in [3.05, 3.63) is 0 Å². The maximum atomic E-state index is 8.70. The number of rotatable bonds is 8. The smallest absolute Gasteiger partial charge is 0.144 e. The van der Waals surface area contributed by atoms with Crippen molar-refractivity contribution >= 4 is 5.84 Å². The molecule has 0 aliphatic carbocycles. The molecule has 0 unspecified atom stereocenters.